The van der Waals surface area contributed by atoms with Crippen LogP contribution < -0.4 is 9.64 Å². The second-order valence-electron chi connectivity index (χ2n) is 10.5. The molecule has 6 rings (SSSR count). The van der Waals surface area contributed by atoms with Crippen LogP contribution in [0.25, 0.3) is 22.1 Å². The van der Waals surface area contributed by atoms with Crippen LogP contribution >= 0.6 is 0 Å². The van der Waals surface area contributed by atoms with Crippen LogP contribution in [0.4, 0.5) is 5.82 Å². The number of hydrogen-bond acceptors (Lipinski definition) is 6. The quantitative estimate of drug-likeness (QED) is 0.203. The number of rotatable bonds is 9. The van der Waals surface area contributed by atoms with Crippen LogP contribution in [0.5, 0.6) is 5.75 Å². The van der Waals surface area contributed by atoms with E-state index in [-0.39, 0.29) is 17.8 Å². The van der Waals surface area contributed by atoms with Gasteiger partial charge in [0.1, 0.15) is 17.2 Å². The van der Waals surface area contributed by atoms with Gasteiger partial charge in [0.15, 0.2) is 5.76 Å². The molecule has 1 saturated heterocycles. The first-order valence-corrected chi connectivity index (χ1v) is 13.7. The maximum Gasteiger partial charge on any atom is 0.335 e. The van der Waals surface area contributed by atoms with Crippen molar-refractivity contribution in [3.8, 4) is 16.9 Å². The summed E-state index contributed by atoms with van der Waals surface area (Å²) in [6, 6.07) is 26.7. The van der Waals surface area contributed by atoms with E-state index in [1.165, 1.54) is 0 Å². The minimum Gasteiger partial charge on any atom is -0.493 e. The van der Waals surface area contributed by atoms with Gasteiger partial charge in [-0.15, -0.1) is 0 Å². The number of carbonyl (C=O) groups is 2. The number of hydrogen-bond donors (Lipinski definition) is 1. The number of fused-ring (bicyclic) bond motifs is 1. The first-order valence-electron chi connectivity index (χ1n) is 13.7. The predicted octanol–water partition coefficient (Wildman–Crippen LogP) is 6.83. The summed E-state index contributed by atoms with van der Waals surface area (Å²) in [5.41, 5.74) is 4.82. The summed E-state index contributed by atoms with van der Waals surface area (Å²) in [6.45, 7) is 4.10. The molecule has 0 aliphatic carbocycles. The summed E-state index contributed by atoms with van der Waals surface area (Å²) in [4.78, 5) is 31.2. The van der Waals surface area contributed by atoms with Crippen molar-refractivity contribution in [3.05, 3.63) is 114 Å². The smallest absolute Gasteiger partial charge is 0.335 e. The molecule has 1 aliphatic rings. The minimum atomic E-state index is -0.969. The third-order valence-electron chi connectivity index (χ3n) is 7.65. The topological polar surface area (TPSA) is 92.9 Å². The number of aromatic nitrogens is 1. The first-order chi connectivity index (χ1) is 19.9. The number of carbonyl (C=O) groups excluding carboxylic acids is 1. The number of furan rings is 1. The number of carboxylic acids is 1. The van der Waals surface area contributed by atoms with Crippen molar-refractivity contribution in [3.63, 3.8) is 0 Å². The molecule has 1 aliphatic heterocycles. The highest BCUT2D eigenvalue weighted by molar-refractivity contribution is 6.02. The van der Waals surface area contributed by atoms with Gasteiger partial charge < -0.3 is 19.2 Å². The van der Waals surface area contributed by atoms with E-state index in [9.17, 15) is 14.7 Å². The van der Waals surface area contributed by atoms with Gasteiger partial charge in [-0.25, -0.2) is 9.78 Å². The fourth-order valence-corrected chi connectivity index (χ4v) is 5.38. The Labute approximate surface area is 238 Å². The number of pyridine rings is 1. The van der Waals surface area contributed by atoms with E-state index in [1.807, 2.05) is 49.4 Å². The molecule has 0 saturated carbocycles. The number of nitrogens with zero attached hydrogens (tertiary/aromatic N) is 2. The fraction of sp³-hybridized carbons (Fsp3) is 0.206. The molecule has 7 nitrogen and oxygen atoms in total. The van der Waals surface area contributed by atoms with Gasteiger partial charge in [-0.3, -0.25) is 4.79 Å². The molecule has 1 atom stereocenters. The van der Waals surface area contributed by atoms with Crippen molar-refractivity contribution in [2.24, 2.45) is 5.92 Å². The van der Waals surface area contributed by atoms with Crippen molar-refractivity contribution in [2.75, 3.05) is 24.6 Å². The summed E-state index contributed by atoms with van der Waals surface area (Å²) in [7, 11) is 0. The molecule has 0 bridgehead atoms. The highest BCUT2D eigenvalue weighted by atomic mass is 16.5. The Kier molecular flexibility index (Phi) is 7.25. The number of ketones is 1. The maximum absolute atomic E-state index is 13.2. The lowest BCUT2D eigenvalue weighted by Gasteiger charge is -2.18. The molecule has 2 aromatic heterocycles. The Balaban J connectivity index is 1.07. The molecule has 1 fully saturated rings. The fourth-order valence-electron chi connectivity index (χ4n) is 5.38. The maximum atomic E-state index is 13.2. The monoisotopic (exact) mass is 546 g/mol. The van der Waals surface area contributed by atoms with Crippen LogP contribution in [0.1, 0.15) is 38.5 Å². The molecular formula is C34H30N2O5. The normalized spacial score (nSPS) is 14.9. The molecule has 206 valence electrons. The molecule has 0 amide bonds. The Morgan fingerprint density at radius 1 is 1.00 bits per heavy atom. The lowest BCUT2D eigenvalue weighted by Crippen LogP contribution is -2.22. The third-order valence-corrected chi connectivity index (χ3v) is 7.65. The van der Waals surface area contributed by atoms with Crippen molar-refractivity contribution in [2.45, 2.75) is 19.8 Å². The highest BCUT2D eigenvalue weighted by Crippen LogP contribution is 2.31. The van der Waals surface area contributed by atoms with Crippen LogP contribution in [-0.2, 0) is 6.42 Å². The summed E-state index contributed by atoms with van der Waals surface area (Å²) >= 11 is 0. The van der Waals surface area contributed by atoms with Gasteiger partial charge in [0.05, 0.1) is 12.2 Å². The summed E-state index contributed by atoms with van der Waals surface area (Å²) in [6.07, 6.45) is 2.93. The molecule has 0 spiro atoms. The van der Waals surface area contributed by atoms with Gasteiger partial charge in [0.2, 0.25) is 5.78 Å². The van der Waals surface area contributed by atoms with Crippen molar-refractivity contribution in [1.82, 2.24) is 4.98 Å². The van der Waals surface area contributed by atoms with E-state index < -0.39 is 5.97 Å². The number of carboxylic acid groups (broad SMARTS) is 1. The Morgan fingerprint density at radius 2 is 1.85 bits per heavy atom. The molecular weight excluding hydrogens is 516 g/mol. The number of aryl methyl sites for hydroxylation is 1. The van der Waals surface area contributed by atoms with Gasteiger partial charge in [-0.05, 0) is 66.4 Å². The second kappa shape index (κ2) is 11.3. The molecule has 0 radical (unpaired) electrons. The predicted molar refractivity (Wildman–Crippen MR) is 158 cm³/mol. The summed E-state index contributed by atoms with van der Waals surface area (Å²) in [5.74, 6) is 1.09. The second-order valence-corrected chi connectivity index (χ2v) is 10.5. The number of benzene rings is 3. The van der Waals surface area contributed by atoms with E-state index in [2.05, 4.69) is 28.1 Å². The molecule has 3 heterocycles. The average molecular weight is 547 g/mol. The van der Waals surface area contributed by atoms with Crippen LogP contribution in [-0.4, -0.2) is 41.5 Å². The lowest BCUT2D eigenvalue weighted by atomic mass is 10.0. The van der Waals surface area contributed by atoms with Crippen LogP contribution in [0.3, 0.4) is 0 Å². The Hall–Kier alpha value is -4.91. The number of ether oxygens (including phenoxy) is 1. The standard InChI is InChI=1S/C34H30N2O5/c1-22-29-18-26(25-6-3-2-4-7-25)11-12-31(29)41-33(22)30(37)16-23-10-13-32(35-19-23)36-15-14-24(20-36)21-40-28-9-5-8-27(17-28)34(38)39/h2-13,17-19,24H,14-16,20-21H2,1H3,(H,38,39)/t24-/m1/s1. The van der Waals surface area contributed by atoms with Crippen LogP contribution in [0, 0.1) is 12.8 Å². The molecule has 7 heteroatoms. The first kappa shape index (κ1) is 26.3. The van der Waals surface area contributed by atoms with Crippen LogP contribution in [0.15, 0.2) is 95.5 Å². The van der Waals surface area contributed by atoms with E-state index in [0.29, 0.717) is 29.6 Å². The Bertz CT molecular complexity index is 1710. The minimum absolute atomic E-state index is 0.0696. The van der Waals surface area contributed by atoms with E-state index >= 15 is 0 Å². The van der Waals surface area contributed by atoms with E-state index in [1.54, 1.807) is 30.5 Å². The zero-order chi connectivity index (χ0) is 28.3. The van der Waals surface area contributed by atoms with E-state index in [4.69, 9.17) is 9.15 Å². The number of anilines is 1. The van der Waals surface area contributed by atoms with Gasteiger partial charge >= 0.3 is 5.97 Å². The number of aromatic carboxylic acids is 1. The molecule has 3 aromatic carbocycles. The molecule has 5 aromatic rings. The van der Waals surface area contributed by atoms with Crippen molar-refractivity contribution < 1.29 is 23.8 Å². The van der Waals surface area contributed by atoms with Crippen molar-refractivity contribution in [1.29, 1.82) is 0 Å². The van der Waals surface area contributed by atoms with Gasteiger partial charge in [-0.2, -0.15) is 0 Å². The largest absolute Gasteiger partial charge is 0.493 e. The summed E-state index contributed by atoms with van der Waals surface area (Å²) in [5, 5.41) is 10.1. The SMILES string of the molecule is Cc1c(C(=O)Cc2ccc(N3CC[C@@H](COc4cccc(C(=O)O)c4)C3)nc2)oc2ccc(-c3ccccc3)cc12. The highest BCUT2D eigenvalue weighted by Gasteiger charge is 2.25. The lowest BCUT2D eigenvalue weighted by molar-refractivity contribution is 0.0696. The van der Waals surface area contributed by atoms with E-state index in [0.717, 1.165) is 53.0 Å². The molecule has 0 unspecified atom stereocenters. The van der Waals surface area contributed by atoms with Gasteiger partial charge in [0.25, 0.3) is 0 Å². The van der Waals surface area contributed by atoms with Gasteiger partial charge in [0, 0.05) is 42.6 Å². The van der Waals surface area contributed by atoms with Crippen molar-refractivity contribution >= 4 is 28.5 Å². The summed E-state index contributed by atoms with van der Waals surface area (Å²) < 4.78 is 11.9. The number of Topliss-reactive ketones (excluding diaryl/α,β-unsaturated/α-hetero) is 1. The molecule has 1 N–H and O–H groups in total. The third kappa shape index (κ3) is 5.70. The molecule has 41 heavy (non-hydrogen) atoms. The Morgan fingerprint density at radius 3 is 2.63 bits per heavy atom. The van der Waals surface area contributed by atoms with Gasteiger partial charge in [-0.1, -0.05) is 48.5 Å². The van der Waals surface area contributed by atoms with Crippen LogP contribution in [0.2, 0.25) is 0 Å². The average Bonchev–Trinajstić information content (AvgIpc) is 3.61. The zero-order valence-electron chi connectivity index (χ0n) is 22.7. The zero-order valence-corrected chi connectivity index (χ0v) is 22.7.